The molecule has 2 aliphatic heterocycles. The van der Waals surface area contributed by atoms with Gasteiger partial charge in [-0.3, -0.25) is 19.5 Å². The summed E-state index contributed by atoms with van der Waals surface area (Å²) in [5, 5.41) is 17.7. The molecule has 0 aromatic heterocycles. The molecule has 0 spiro atoms. The lowest BCUT2D eigenvalue weighted by molar-refractivity contribution is -0.138. The third-order valence-corrected chi connectivity index (χ3v) is 7.66. The van der Waals surface area contributed by atoms with Gasteiger partial charge in [-0.25, -0.2) is 0 Å². The number of rotatable bonds is 6. The van der Waals surface area contributed by atoms with Gasteiger partial charge in [-0.15, -0.1) is 0 Å². The van der Waals surface area contributed by atoms with Gasteiger partial charge in [0.15, 0.2) is 0 Å². The van der Waals surface area contributed by atoms with Crippen molar-refractivity contribution in [3.05, 3.63) is 115 Å². The van der Waals surface area contributed by atoms with Crippen LogP contribution in [0.4, 0.5) is 11.4 Å². The Balaban J connectivity index is 1.55. The lowest BCUT2D eigenvalue weighted by Gasteiger charge is -2.47. The Bertz CT molecular complexity index is 1520. The van der Waals surface area contributed by atoms with E-state index < -0.39 is 24.1 Å². The summed E-state index contributed by atoms with van der Waals surface area (Å²) in [4.78, 5) is 27.9. The van der Waals surface area contributed by atoms with Gasteiger partial charge >= 0.3 is 0 Å². The summed E-state index contributed by atoms with van der Waals surface area (Å²) in [6.45, 7) is 0. The number of carbonyl (C=O) groups is 2. The summed E-state index contributed by atoms with van der Waals surface area (Å²) in [6.07, 6.45) is 2.61. The minimum atomic E-state index is -1.03. The maximum Gasteiger partial charge on any atom is 0.249 e. The first-order valence-corrected chi connectivity index (χ1v) is 12.9. The number of methoxy groups -OCH3 is 1. The molecule has 4 aromatic carbocycles. The van der Waals surface area contributed by atoms with Crippen molar-refractivity contribution in [3.8, 4) is 5.75 Å². The molecule has 6 rings (SSSR count). The van der Waals surface area contributed by atoms with Crippen LogP contribution < -0.4 is 9.75 Å². The topological polar surface area (TPSA) is 73.3 Å². The van der Waals surface area contributed by atoms with E-state index >= 15 is 0 Å². The fourth-order valence-corrected chi connectivity index (χ4v) is 5.77. The number of imide groups is 1. The number of nitrogens with zero attached hydrogens (tertiary/aromatic N) is 3. The maximum atomic E-state index is 13.6. The summed E-state index contributed by atoms with van der Waals surface area (Å²) < 4.78 is 5.58. The molecule has 0 saturated carbocycles. The lowest BCUT2D eigenvalue weighted by atomic mass is 9.88. The van der Waals surface area contributed by atoms with Gasteiger partial charge in [-0.05, 0) is 41.3 Å². The van der Waals surface area contributed by atoms with Crippen molar-refractivity contribution < 1.29 is 19.4 Å². The number of amides is 2. The number of aliphatic hydroxyl groups is 1. The number of hydrogen-bond donors (Lipinski definition) is 1. The number of likely N-dealkylation sites (tertiary alicyclic amines) is 1. The number of carbonyl (C=O) groups excluding carboxylic acids is 2. The average Bonchev–Trinajstić information content (AvgIpc) is 3.21. The molecular formula is C32H29N3O4. The molecule has 2 heterocycles. The Hall–Kier alpha value is -4.46. The number of fused-ring (bicyclic) bond motifs is 2. The fourth-order valence-electron chi connectivity index (χ4n) is 5.77. The zero-order valence-electron chi connectivity index (χ0n) is 21.7. The van der Waals surface area contributed by atoms with Crippen molar-refractivity contribution in [1.29, 1.82) is 0 Å². The van der Waals surface area contributed by atoms with Crippen LogP contribution in [0.2, 0.25) is 0 Å². The van der Waals surface area contributed by atoms with Crippen molar-refractivity contribution >= 4 is 34.0 Å². The van der Waals surface area contributed by atoms with Crippen LogP contribution >= 0.6 is 0 Å². The predicted molar refractivity (Wildman–Crippen MR) is 150 cm³/mol. The van der Waals surface area contributed by atoms with Crippen LogP contribution in [0.25, 0.3) is 10.8 Å². The van der Waals surface area contributed by atoms with Gasteiger partial charge < -0.3 is 9.84 Å². The van der Waals surface area contributed by atoms with Crippen LogP contribution in [-0.2, 0) is 9.59 Å². The lowest BCUT2D eigenvalue weighted by Crippen LogP contribution is -2.59. The van der Waals surface area contributed by atoms with Crippen molar-refractivity contribution in [1.82, 2.24) is 9.91 Å². The Morgan fingerprint density at radius 1 is 0.769 bits per heavy atom. The van der Waals surface area contributed by atoms with Gasteiger partial charge in [0.25, 0.3) is 0 Å². The van der Waals surface area contributed by atoms with Gasteiger partial charge in [-0.2, -0.15) is 5.01 Å². The number of hydrogen-bond acceptors (Lipinski definition) is 6. The molecular weight excluding hydrogens is 490 g/mol. The molecule has 0 bridgehead atoms. The number of hydrazine groups is 1. The van der Waals surface area contributed by atoms with Gasteiger partial charge in [0.1, 0.15) is 17.9 Å². The maximum absolute atomic E-state index is 13.6. The second kappa shape index (κ2) is 10.0. The van der Waals surface area contributed by atoms with Gasteiger partial charge in [0, 0.05) is 12.4 Å². The van der Waals surface area contributed by atoms with Crippen molar-refractivity contribution in [2.45, 2.75) is 18.2 Å². The van der Waals surface area contributed by atoms with E-state index in [-0.39, 0.29) is 11.8 Å². The smallest absolute Gasteiger partial charge is 0.249 e. The summed E-state index contributed by atoms with van der Waals surface area (Å²) in [5.74, 6) is -0.502. The second-order valence-electron chi connectivity index (χ2n) is 9.79. The highest BCUT2D eigenvalue weighted by Gasteiger charge is 2.54. The SMILES string of the molecule is COc1ccc(C(O)C2C=CC3C(=O)N(C)C(=O)C3N2N(c2ccccc2)c2ccccc2)c2ccccc12. The molecule has 4 aromatic rings. The molecule has 7 nitrogen and oxygen atoms in total. The zero-order chi connectivity index (χ0) is 27.1. The Morgan fingerprint density at radius 3 is 1.97 bits per heavy atom. The zero-order valence-corrected chi connectivity index (χ0v) is 21.7. The Labute approximate surface area is 227 Å². The molecule has 2 amide bonds. The van der Waals surface area contributed by atoms with E-state index in [0.717, 1.165) is 22.1 Å². The molecule has 1 fully saturated rings. The third-order valence-electron chi connectivity index (χ3n) is 7.66. The molecule has 196 valence electrons. The summed E-state index contributed by atoms with van der Waals surface area (Å²) in [6, 6.07) is 29.4. The Morgan fingerprint density at radius 2 is 1.36 bits per heavy atom. The predicted octanol–water partition coefficient (Wildman–Crippen LogP) is 4.86. The molecule has 0 radical (unpaired) electrons. The Kier molecular flexibility index (Phi) is 6.38. The van der Waals surface area contributed by atoms with Crippen LogP contribution in [0.15, 0.2) is 109 Å². The average molecular weight is 520 g/mol. The summed E-state index contributed by atoms with van der Waals surface area (Å²) in [7, 11) is 3.15. The number of para-hydroxylation sites is 2. The molecule has 7 heteroatoms. The van der Waals surface area contributed by atoms with Gasteiger partial charge in [-0.1, -0.05) is 78.9 Å². The molecule has 39 heavy (non-hydrogen) atoms. The summed E-state index contributed by atoms with van der Waals surface area (Å²) >= 11 is 0. The van der Waals surface area contributed by atoms with Crippen LogP contribution in [0.1, 0.15) is 11.7 Å². The van der Waals surface area contributed by atoms with E-state index in [9.17, 15) is 14.7 Å². The second-order valence-corrected chi connectivity index (χ2v) is 9.79. The number of anilines is 2. The number of likely N-dealkylation sites (N-methyl/N-ethyl adjacent to an activating group) is 1. The number of benzene rings is 4. The van der Waals surface area contributed by atoms with E-state index in [2.05, 4.69) is 0 Å². The molecule has 4 unspecified atom stereocenters. The standard InChI is InChI=1S/C32H29N3O4/c1-33-31(37)26-17-19-27(30(36)25-18-20-28(39-2)24-16-10-9-15-23(24)25)35(29(26)32(33)38)34(21-11-5-3-6-12-21)22-13-7-4-8-14-22/h3-20,26-27,29-30,36H,1-2H3. The van der Waals surface area contributed by atoms with Gasteiger partial charge in [0.05, 0.1) is 30.4 Å². The quantitative estimate of drug-likeness (QED) is 0.290. The highest BCUT2D eigenvalue weighted by molar-refractivity contribution is 6.08. The van der Waals surface area contributed by atoms with E-state index in [1.54, 1.807) is 13.2 Å². The van der Waals surface area contributed by atoms with Crippen LogP contribution in [0, 0.1) is 5.92 Å². The van der Waals surface area contributed by atoms with Gasteiger partial charge in [0.2, 0.25) is 11.8 Å². The normalized spacial score (nSPS) is 21.7. The van der Waals surface area contributed by atoms with Crippen LogP contribution in [0.5, 0.6) is 5.75 Å². The minimum absolute atomic E-state index is 0.254. The number of ether oxygens (including phenoxy) is 1. The first kappa shape index (κ1) is 24.9. The molecule has 1 N–H and O–H groups in total. The first-order valence-electron chi connectivity index (χ1n) is 12.9. The highest BCUT2D eigenvalue weighted by atomic mass is 16.5. The van der Waals surface area contributed by atoms with E-state index in [1.807, 2.05) is 113 Å². The van der Waals surface area contributed by atoms with Crippen LogP contribution in [0.3, 0.4) is 0 Å². The van der Waals surface area contributed by atoms with E-state index in [4.69, 9.17) is 4.74 Å². The molecule has 0 aliphatic carbocycles. The summed E-state index contributed by atoms with van der Waals surface area (Å²) in [5.41, 5.74) is 2.32. The van der Waals surface area contributed by atoms with E-state index in [0.29, 0.717) is 11.3 Å². The minimum Gasteiger partial charge on any atom is -0.496 e. The molecule has 1 saturated heterocycles. The van der Waals surface area contributed by atoms with Crippen molar-refractivity contribution in [3.63, 3.8) is 0 Å². The monoisotopic (exact) mass is 519 g/mol. The number of aliphatic hydroxyl groups excluding tert-OH is 1. The third kappa shape index (κ3) is 4.07. The molecule has 2 aliphatic rings. The van der Waals surface area contributed by atoms with Crippen molar-refractivity contribution in [2.75, 3.05) is 19.2 Å². The highest BCUT2D eigenvalue weighted by Crippen LogP contribution is 2.42. The van der Waals surface area contributed by atoms with E-state index in [1.165, 1.54) is 11.9 Å². The fraction of sp³-hybridized carbons (Fsp3) is 0.188. The van der Waals surface area contributed by atoms with Crippen molar-refractivity contribution in [2.24, 2.45) is 5.92 Å². The largest absolute Gasteiger partial charge is 0.496 e. The molecule has 4 atom stereocenters. The first-order chi connectivity index (χ1) is 19.0. The van der Waals surface area contributed by atoms with Crippen LogP contribution in [-0.4, -0.2) is 53.1 Å².